The Morgan fingerprint density at radius 1 is 0.472 bits per heavy atom. The van der Waals surface area contributed by atoms with Crippen LogP contribution in [0, 0.1) is 13.8 Å². The molecule has 0 aliphatic rings. The van der Waals surface area contributed by atoms with Crippen LogP contribution >= 0.6 is 0 Å². The van der Waals surface area contributed by atoms with E-state index in [0.29, 0.717) is 29.4 Å². The third-order valence-electron chi connectivity index (χ3n) is 8.45. The standard InChI is InChI=1S/C13H20O.C12H16F2O.C12H18O.C11H16/c1-4-5-10-14-13-8-6-12(7-9-13)11(2)3;1-8(2)10-5-4-6-11(7-10)15-9(3)12(13)14;1-4-9-13-12-7-5-11(6-8-12)10(2)3;1-8(2)11-6-9(3)5-10(4)7-11/h6-9,11H,4-5,10H2,1-3H3;4-9,12H,1-3H3;5-8,10H,4,9H2,1-3H3;5-8H,1-4H3. The molecule has 4 aromatic rings. The summed E-state index contributed by atoms with van der Waals surface area (Å²) in [6.45, 7) is 29.0. The highest BCUT2D eigenvalue weighted by Gasteiger charge is 2.16. The Kier molecular flexibility index (Phi) is 23.1. The average molecular weight is 733 g/mol. The van der Waals surface area contributed by atoms with E-state index in [1.165, 1.54) is 41.2 Å². The van der Waals surface area contributed by atoms with Crippen molar-refractivity contribution in [3.05, 3.63) is 124 Å². The van der Waals surface area contributed by atoms with Gasteiger partial charge < -0.3 is 14.2 Å². The third-order valence-corrected chi connectivity index (χ3v) is 8.45. The van der Waals surface area contributed by atoms with Gasteiger partial charge in [0.1, 0.15) is 17.2 Å². The molecule has 0 N–H and O–H groups in total. The minimum absolute atomic E-state index is 0.371. The molecule has 0 aliphatic heterocycles. The van der Waals surface area contributed by atoms with E-state index in [2.05, 4.69) is 138 Å². The van der Waals surface area contributed by atoms with Crippen molar-refractivity contribution in [2.24, 2.45) is 0 Å². The Labute approximate surface area is 322 Å². The van der Waals surface area contributed by atoms with Gasteiger partial charge in [-0.25, -0.2) is 8.78 Å². The van der Waals surface area contributed by atoms with Gasteiger partial charge in [0.2, 0.25) is 0 Å². The molecule has 294 valence electrons. The molecular formula is C48H70F2O3. The highest BCUT2D eigenvalue weighted by atomic mass is 19.3. The number of hydrogen-bond acceptors (Lipinski definition) is 3. The Bertz CT molecular complexity index is 1490. The minimum atomic E-state index is -2.45. The minimum Gasteiger partial charge on any atom is -0.494 e. The third kappa shape index (κ3) is 20.3. The summed E-state index contributed by atoms with van der Waals surface area (Å²) >= 11 is 0. The van der Waals surface area contributed by atoms with E-state index in [1.807, 2.05) is 30.3 Å². The van der Waals surface area contributed by atoms with Crippen LogP contribution in [0.3, 0.4) is 0 Å². The summed E-state index contributed by atoms with van der Waals surface area (Å²) in [5, 5.41) is 0. The quantitative estimate of drug-likeness (QED) is 0.121. The number of aryl methyl sites for hydroxylation is 2. The number of ether oxygens (including phenoxy) is 3. The first-order chi connectivity index (χ1) is 25.1. The van der Waals surface area contributed by atoms with Gasteiger partial charge in [-0.05, 0) is 116 Å². The Balaban J connectivity index is 0.000000355. The lowest BCUT2D eigenvalue weighted by Gasteiger charge is -2.15. The topological polar surface area (TPSA) is 27.7 Å². The largest absolute Gasteiger partial charge is 0.494 e. The van der Waals surface area contributed by atoms with Crippen LogP contribution in [0.15, 0.2) is 91.0 Å². The summed E-state index contributed by atoms with van der Waals surface area (Å²) < 4.78 is 40.7. The summed E-state index contributed by atoms with van der Waals surface area (Å²) in [5.74, 6) is 4.69. The van der Waals surface area contributed by atoms with Crippen LogP contribution < -0.4 is 14.2 Å². The second-order valence-electron chi connectivity index (χ2n) is 15.0. The van der Waals surface area contributed by atoms with Crippen LogP contribution in [0.2, 0.25) is 0 Å². The van der Waals surface area contributed by atoms with E-state index < -0.39 is 12.5 Å². The van der Waals surface area contributed by atoms with E-state index >= 15 is 0 Å². The molecule has 1 unspecified atom stereocenters. The van der Waals surface area contributed by atoms with Crippen molar-refractivity contribution in [3.63, 3.8) is 0 Å². The second-order valence-corrected chi connectivity index (χ2v) is 15.0. The van der Waals surface area contributed by atoms with Crippen molar-refractivity contribution in [2.75, 3.05) is 13.2 Å². The summed E-state index contributed by atoms with van der Waals surface area (Å²) in [5.41, 5.74) is 8.01. The van der Waals surface area contributed by atoms with Gasteiger partial charge >= 0.3 is 0 Å². The molecule has 0 saturated heterocycles. The average Bonchev–Trinajstić information content (AvgIpc) is 3.11. The molecule has 1 atom stereocenters. The molecule has 5 heteroatoms. The van der Waals surface area contributed by atoms with Crippen molar-refractivity contribution in [3.8, 4) is 17.2 Å². The molecule has 0 heterocycles. The lowest BCUT2D eigenvalue weighted by molar-refractivity contribution is 0.0225. The lowest BCUT2D eigenvalue weighted by atomic mass is 9.99. The monoisotopic (exact) mass is 733 g/mol. The molecular weight excluding hydrogens is 663 g/mol. The van der Waals surface area contributed by atoms with Crippen molar-refractivity contribution in [2.45, 2.75) is 145 Å². The van der Waals surface area contributed by atoms with Gasteiger partial charge in [-0.1, -0.05) is 141 Å². The molecule has 0 spiro atoms. The molecule has 0 fully saturated rings. The van der Waals surface area contributed by atoms with E-state index in [0.717, 1.165) is 43.1 Å². The van der Waals surface area contributed by atoms with Crippen molar-refractivity contribution >= 4 is 0 Å². The first-order valence-electron chi connectivity index (χ1n) is 19.7. The molecule has 0 aromatic heterocycles. The fourth-order valence-corrected chi connectivity index (χ4v) is 5.01. The zero-order valence-corrected chi connectivity index (χ0v) is 35.1. The first-order valence-corrected chi connectivity index (χ1v) is 19.7. The van der Waals surface area contributed by atoms with Crippen LogP contribution in [-0.4, -0.2) is 25.7 Å². The molecule has 4 aromatic carbocycles. The van der Waals surface area contributed by atoms with Gasteiger partial charge in [0, 0.05) is 0 Å². The molecule has 0 amide bonds. The molecule has 0 radical (unpaired) electrons. The molecule has 0 aliphatic carbocycles. The predicted molar refractivity (Wildman–Crippen MR) is 224 cm³/mol. The Morgan fingerprint density at radius 3 is 1.32 bits per heavy atom. The lowest BCUT2D eigenvalue weighted by Crippen LogP contribution is -2.21. The van der Waals surface area contributed by atoms with Crippen LogP contribution in [-0.2, 0) is 0 Å². The number of alkyl halides is 2. The van der Waals surface area contributed by atoms with Crippen LogP contribution in [0.25, 0.3) is 0 Å². The molecule has 4 rings (SSSR count). The van der Waals surface area contributed by atoms with Crippen LogP contribution in [0.5, 0.6) is 17.2 Å². The number of halogens is 2. The van der Waals surface area contributed by atoms with Crippen molar-refractivity contribution < 1.29 is 23.0 Å². The van der Waals surface area contributed by atoms with Gasteiger partial charge in [0.15, 0.2) is 6.10 Å². The SMILES string of the molecule is CC(C)c1cccc(OC(C)C(F)F)c1.CCCCOc1ccc(C(C)C)cc1.CCCOc1ccc(C(C)C)cc1.Cc1cc(C)cc(C(C)C)c1. The highest BCUT2D eigenvalue weighted by Crippen LogP contribution is 2.23. The Morgan fingerprint density at radius 2 is 0.925 bits per heavy atom. The molecule has 53 heavy (non-hydrogen) atoms. The van der Waals surface area contributed by atoms with Crippen molar-refractivity contribution in [1.82, 2.24) is 0 Å². The van der Waals surface area contributed by atoms with Crippen LogP contribution in [0.4, 0.5) is 8.78 Å². The maximum absolute atomic E-state index is 12.2. The Hall–Kier alpha value is -3.86. The normalized spacial score (nSPS) is 11.3. The maximum Gasteiger partial charge on any atom is 0.274 e. The smallest absolute Gasteiger partial charge is 0.274 e. The van der Waals surface area contributed by atoms with E-state index in [9.17, 15) is 8.78 Å². The number of unbranched alkanes of at least 4 members (excludes halogenated alkanes) is 1. The van der Waals surface area contributed by atoms with Gasteiger partial charge in [0.05, 0.1) is 13.2 Å². The molecule has 0 bridgehead atoms. The summed E-state index contributed by atoms with van der Waals surface area (Å²) in [7, 11) is 0. The second kappa shape index (κ2) is 26.0. The zero-order valence-electron chi connectivity index (χ0n) is 35.1. The first kappa shape index (κ1) is 47.2. The predicted octanol–water partition coefficient (Wildman–Crippen LogP) is 14.9. The number of hydrogen-bond donors (Lipinski definition) is 0. The fraction of sp³-hybridized carbons (Fsp3) is 0.500. The van der Waals surface area contributed by atoms with E-state index in [4.69, 9.17) is 14.2 Å². The van der Waals surface area contributed by atoms with Gasteiger partial charge in [-0.15, -0.1) is 0 Å². The highest BCUT2D eigenvalue weighted by molar-refractivity contribution is 5.32. The summed E-state index contributed by atoms with van der Waals surface area (Å²) in [6.07, 6.45) is -0.137. The van der Waals surface area contributed by atoms with Gasteiger partial charge in [0.25, 0.3) is 6.43 Å². The number of benzene rings is 4. The van der Waals surface area contributed by atoms with Crippen molar-refractivity contribution in [1.29, 1.82) is 0 Å². The van der Waals surface area contributed by atoms with E-state index in [-0.39, 0.29) is 0 Å². The summed E-state index contributed by atoms with van der Waals surface area (Å²) in [6, 6.07) is 30.8. The maximum atomic E-state index is 12.2. The molecule has 0 saturated carbocycles. The van der Waals surface area contributed by atoms with Gasteiger partial charge in [-0.2, -0.15) is 0 Å². The zero-order chi connectivity index (χ0) is 39.9. The molecule has 3 nitrogen and oxygen atoms in total. The van der Waals surface area contributed by atoms with Gasteiger partial charge in [-0.3, -0.25) is 0 Å². The summed E-state index contributed by atoms with van der Waals surface area (Å²) in [4.78, 5) is 0. The fourth-order valence-electron chi connectivity index (χ4n) is 5.01. The number of rotatable bonds is 14. The van der Waals surface area contributed by atoms with Crippen LogP contribution in [0.1, 0.15) is 152 Å². The van der Waals surface area contributed by atoms with E-state index in [1.54, 1.807) is 6.07 Å².